The molecule has 0 atom stereocenters. The lowest BCUT2D eigenvalue weighted by Crippen LogP contribution is -2.30. The number of carbonyl (C=O) groups is 3. The first-order valence-corrected chi connectivity index (χ1v) is 9.92. The van der Waals surface area contributed by atoms with Crippen molar-refractivity contribution in [2.45, 2.75) is 27.3 Å². The standard InChI is InChI=1S/C23H22N4O5/c1-13-5-8-20(24-11-13)27-14(2)9-16(15(27)3)10-18-21(28)26(23(30)25-18)12-17-6-7-19(32-17)22(29)31-4/h5-11H,12H2,1-4H3,(H,25,30). The van der Waals surface area contributed by atoms with Gasteiger partial charge in [0.1, 0.15) is 17.3 Å². The number of hydrogen-bond donors (Lipinski definition) is 1. The van der Waals surface area contributed by atoms with E-state index >= 15 is 0 Å². The molecule has 0 bridgehead atoms. The summed E-state index contributed by atoms with van der Waals surface area (Å²) in [5, 5.41) is 2.61. The van der Waals surface area contributed by atoms with E-state index in [0.717, 1.165) is 33.2 Å². The molecule has 1 N–H and O–H groups in total. The van der Waals surface area contributed by atoms with E-state index in [9.17, 15) is 14.4 Å². The van der Waals surface area contributed by atoms with Crippen LogP contribution in [0.15, 0.2) is 46.6 Å². The van der Waals surface area contributed by atoms with Gasteiger partial charge in [-0.15, -0.1) is 0 Å². The molecule has 0 saturated carbocycles. The SMILES string of the molecule is COC(=O)c1ccc(CN2C(=O)NC(=Cc3cc(C)n(-c4ccc(C)cn4)c3C)C2=O)o1. The van der Waals surface area contributed by atoms with Crippen LogP contribution < -0.4 is 5.32 Å². The summed E-state index contributed by atoms with van der Waals surface area (Å²) < 4.78 is 12.0. The monoisotopic (exact) mass is 434 g/mol. The Labute approximate surface area is 184 Å². The van der Waals surface area contributed by atoms with E-state index in [2.05, 4.69) is 15.0 Å². The normalized spacial score (nSPS) is 14.9. The first-order chi connectivity index (χ1) is 15.3. The van der Waals surface area contributed by atoms with Crippen LogP contribution in [-0.2, 0) is 16.1 Å². The van der Waals surface area contributed by atoms with E-state index in [-0.39, 0.29) is 18.0 Å². The second-order valence-corrected chi connectivity index (χ2v) is 7.49. The molecule has 9 heteroatoms. The van der Waals surface area contributed by atoms with Gasteiger partial charge in [0.25, 0.3) is 5.91 Å². The van der Waals surface area contributed by atoms with Crippen molar-refractivity contribution in [2.75, 3.05) is 7.11 Å². The van der Waals surface area contributed by atoms with Crippen molar-refractivity contribution in [1.82, 2.24) is 19.8 Å². The molecule has 1 fully saturated rings. The van der Waals surface area contributed by atoms with Gasteiger partial charge in [0.05, 0.1) is 13.7 Å². The molecule has 4 rings (SSSR count). The Kier molecular flexibility index (Phi) is 5.40. The number of nitrogens with one attached hydrogen (secondary N) is 1. The van der Waals surface area contributed by atoms with Gasteiger partial charge in [0.15, 0.2) is 0 Å². The fraction of sp³-hybridized carbons (Fsp3) is 0.217. The van der Waals surface area contributed by atoms with Gasteiger partial charge in [0.2, 0.25) is 5.76 Å². The first-order valence-electron chi connectivity index (χ1n) is 9.92. The lowest BCUT2D eigenvalue weighted by atomic mass is 10.2. The molecular weight excluding hydrogens is 412 g/mol. The lowest BCUT2D eigenvalue weighted by Gasteiger charge is -2.09. The average Bonchev–Trinajstić information content (AvgIpc) is 3.42. The van der Waals surface area contributed by atoms with Crippen LogP contribution in [-0.4, -0.2) is 39.5 Å². The van der Waals surface area contributed by atoms with E-state index in [1.54, 1.807) is 12.3 Å². The number of nitrogens with zero attached hydrogens (tertiary/aromatic N) is 3. The predicted octanol–water partition coefficient (Wildman–Crippen LogP) is 3.27. The number of amides is 3. The fourth-order valence-electron chi connectivity index (χ4n) is 3.58. The van der Waals surface area contributed by atoms with Gasteiger partial charge < -0.3 is 19.0 Å². The zero-order chi connectivity index (χ0) is 23.0. The molecule has 1 aliphatic heterocycles. The van der Waals surface area contributed by atoms with Crippen LogP contribution in [0.3, 0.4) is 0 Å². The van der Waals surface area contributed by atoms with Gasteiger partial charge in [-0.3, -0.25) is 9.69 Å². The van der Waals surface area contributed by atoms with Crippen LogP contribution in [0.4, 0.5) is 4.79 Å². The number of furan rings is 1. The fourth-order valence-corrected chi connectivity index (χ4v) is 3.58. The number of aromatic nitrogens is 2. The van der Waals surface area contributed by atoms with Crippen molar-refractivity contribution in [3.05, 3.63) is 76.3 Å². The summed E-state index contributed by atoms with van der Waals surface area (Å²) in [5.74, 6) is -0.0455. The summed E-state index contributed by atoms with van der Waals surface area (Å²) in [6.07, 6.45) is 3.44. The molecule has 9 nitrogen and oxygen atoms in total. The summed E-state index contributed by atoms with van der Waals surface area (Å²) in [4.78, 5) is 42.3. The quantitative estimate of drug-likeness (QED) is 0.375. The minimum atomic E-state index is -0.632. The number of ether oxygens (including phenoxy) is 1. The van der Waals surface area contributed by atoms with Crippen molar-refractivity contribution >= 4 is 24.0 Å². The average molecular weight is 434 g/mol. The Morgan fingerprint density at radius 3 is 2.66 bits per heavy atom. The van der Waals surface area contributed by atoms with Gasteiger partial charge in [-0.1, -0.05) is 6.07 Å². The third-order valence-corrected chi connectivity index (χ3v) is 5.22. The highest BCUT2D eigenvalue weighted by molar-refractivity contribution is 6.13. The van der Waals surface area contributed by atoms with E-state index in [1.807, 2.05) is 43.5 Å². The molecule has 0 aromatic carbocycles. The van der Waals surface area contributed by atoms with E-state index < -0.39 is 17.9 Å². The zero-order valence-electron chi connectivity index (χ0n) is 18.1. The Bertz CT molecular complexity index is 1250. The maximum absolute atomic E-state index is 12.9. The third-order valence-electron chi connectivity index (χ3n) is 5.22. The number of aryl methyl sites for hydroxylation is 2. The van der Waals surface area contributed by atoms with Crippen molar-refractivity contribution in [2.24, 2.45) is 0 Å². The highest BCUT2D eigenvalue weighted by atomic mass is 16.5. The molecule has 3 aromatic rings. The van der Waals surface area contributed by atoms with Gasteiger partial charge in [-0.25, -0.2) is 14.6 Å². The zero-order valence-corrected chi connectivity index (χ0v) is 18.1. The molecule has 32 heavy (non-hydrogen) atoms. The van der Waals surface area contributed by atoms with Crippen molar-refractivity contribution in [3.8, 4) is 5.82 Å². The number of methoxy groups -OCH3 is 1. The maximum atomic E-state index is 12.9. The Balaban J connectivity index is 1.58. The van der Waals surface area contributed by atoms with Gasteiger partial charge >= 0.3 is 12.0 Å². The van der Waals surface area contributed by atoms with Crippen LogP contribution in [0.25, 0.3) is 11.9 Å². The Morgan fingerprint density at radius 2 is 1.97 bits per heavy atom. The van der Waals surface area contributed by atoms with Crippen LogP contribution >= 0.6 is 0 Å². The number of esters is 1. The Hall–Kier alpha value is -4.14. The van der Waals surface area contributed by atoms with E-state index in [1.165, 1.54) is 19.2 Å². The topological polar surface area (TPSA) is 107 Å². The van der Waals surface area contributed by atoms with Crippen LogP contribution in [0, 0.1) is 20.8 Å². The first kappa shape index (κ1) is 21.1. The van der Waals surface area contributed by atoms with Crippen LogP contribution in [0.5, 0.6) is 0 Å². The summed E-state index contributed by atoms with van der Waals surface area (Å²) in [6, 6.07) is 8.24. The molecule has 4 heterocycles. The molecule has 0 unspecified atom stereocenters. The summed E-state index contributed by atoms with van der Waals surface area (Å²) >= 11 is 0. The van der Waals surface area contributed by atoms with Crippen molar-refractivity contribution < 1.29 is 23.5 Å². The highest BCUT2D eigenvalue weighted by Gasteiger charge is 2.34. The maximum Gasteiger partial charge on any atom is 0.373 e. The van der Waals surface area contributed by atoms with Crippen molar-refractivity contribution in [1.29, 1.82) is 0 Å². The number of urea groups is 1. The summed E-state index contributed by atoms with van der Waals surface area (Å²) in [7, 11) is 1.24. The summed E-state index contributed by atoms with van der Waals surface area (Å²) in [5.41, 5.74) is 3.85. The molecule has 0 spiro atoms. The molecule has 3 amide bonds. The van der Waals surface area contributed by atoms with Crippen LogP contribution in [0.1, 0.15) is 38.8 Å². The molecule has 0 aliphatic carbocycles. The predicted molar refractivity (Wildman–Crippen MR) is 115 cm³/mol. The molecule has 1 aliphatic rings. The number of hydrogen-bond acceptors (Lipinski definition) is 6. The lowest BCUT2D eigenvalue weighted by molar-refractivity contribution is -0.123. The second-order valence-electron chi connectivity index (χ2n) is 7.49. The number of carbonyl (C=O) groups excluding carboxylic acids is 3. The smallest absolute Gasteiger partial charge is 0.373 e. The van der Waals surface area contributed by atoms with E-state index in [4.69, 9.17) is 4.42 Å². The molecule has 3 aromatic heterocycles. The van der Waals surface area contributed by atoms with Gasteiger partial charge in [-0.05, 0) is 62.2 Å². The van der Waals surface area contributed by atoms with Crippen molar-refractivity contribution in [3.63, 3.8) is 0 Å². The second kappa shape index (κ2) is 8.18. The van der Waals surface area contributed by atoms with Gasteiger partial charge in [-0.2, -0.15) is 0 Å². The largest absolute Gasteiger partial charge is 0.463 e. The minimum Gasteiger partial charge on any atom is -0.463 e. The third kappa shape index (κ3) is 3.80. The Morgan fingerprint density at radius 1 is 1.19 bits per heavy atom. The van der Waals surface area contributed by atoms with E-state index in [0.29, 0.717) is 5.76 Å². The molecule has 0 radical (unpaired) electrons. The number of pyridine rings is 1. The molecule has 1 saturated heterocycles. The number of rotatable bonds is 5. The highest BCUT2D eigenvalue weighted by Crippen LogP contribution is 2.24. The number of imide groups is 1. The molecular formula is C23H22N4O5. The van der Waals surface area contributed by atoms with Crippen LogP contribution in [0.2, 0.25) is 0 Å². The molecule has 164 valence electrons. The minimum absolute atomic E-state index is 0.00229. The van der Waals surface area contributed by atoms with Gasteiger partial charge in [0, 0.05) is 17.6 Å². The summed E-state index contributed by atoms with van der Waals surface area (Å²) in [6.45, 7) is 5.75.